The van der Waals surface area contributed by atoms with Crippen LogP contribution in [0.3, 0.4) is 0 Å². The van der Waals surface area contributed by atoms with E-state index in [4.69, 9.17) is 9.47 Å². The Labute approximate surface area is 191 Å². The van der Waals surface area contributed by atoms with Gasteiger partial charge >= 0.3 is 0 Å². The molecule has 1 aliphatic heterocycles. The number of aliphatic hydroxyl groups is 1. The van der Waals surface area contributed by atoms with Crippen molar-refractivity contribution < 1.29 is 19.4 Å². The van der Waals surface area contributed by atoms with E-state index in [0.29, 0.717) is 36.9 Å². The number of nitrogens with one attached hydrogen (secondary N) is 1. The van der Waals surface area contributed by atoms with E-state index in [0.717, 1.165) is 5.69 Å². The summed E-state index contributed by atoms with van der Waals surface area (Å²) >= 11 is 0. The van der Waals surface area contributed by atoms with E-state index < -0.39 is 6.04 Å². The van der Waals surface area contributed by atoms with Crippen molar-refractivity contribution in [2.75, 3.05) is 43.7 Å². The quantitative estimate of drug-likeness (QED) is 0.523. The van der Waals surface area contributed by atoms with Gasteiger partial charge in [-0.05, 0) is 24.3 Å². The van der Waals surface area contributed by atoms with E-state index in [1.165, 1.54) is 13.3 Å². The molecule has 0 unspecified atom stereocenters. The molecular weight excluding hydrogens is 426 g/mol. The van der Waals surface area contributed by atoms with Gasteiger partial charge in [0.1, 0.15) is 17.3 Å². The summed E-state index contributed by atoms with van der Waals surface area (Å²) in [5.74, 6) is 1.33. The Kier molecular flexibility index (Phi) is 6.86. The molecule has 1 aromatic carbocycles. The number of carbonyl (C=O) groups excluding carboxylic acids is 1. The number of pyridine rings is 2. The summed E-state index contributed by atoms with van der Waals surface area (Å²) in [5, 5.41) is 20.7. The summed E-state index contributed by atoms with van der Waals surface area (Å²) in [6.07, 6.45) is 3.05. The van der Waals surface area contributed by atoms with Crippen LogP contribution in [0.15, 0.2) is 60.9 Å². The Hall–Kier alpha value is -3.89. The minimum absolute atomic E-state index is 0.201. The molecule has 1 amide bonds. The number of hydrogen-bond acceptors (Lipinski definition) is 9. The molecule has 10 heteroatoms. The number of methoxy groups -OCH3 is 1. The number of para-hydroxylation sites is 1. The van der Waals surface area contributed by atoms with Crippen LogP contribution >= 0.6 is 0 Å². The first-order chi connectivity index (χ1) is 16.1. The molecule has 33 heavy (non-hydrogen) atoms. The minimum atomic E-state index is -0.434. The second-order valence-electron chi connectivity index (χ2n) is 7.42. The minimum Gasteiger partial charge on any atom is -0.760 e. The standard InChI is InChI=1S/C23H24N5O5/c1-32-20-11-19(24-13-21(20)33-18-5-3-2-4-6-18)23(30)28-10-9-27(14-17(28)15-29)16-7-8-22(26-31)25-12-16/h2-8,11-13,17,29H,9-10,14-15H2,1H3,(H-,24,25,26,30,31)/q-1/t17-/m1/s1. The molecule has 3 aromatic rings. The molecule has 2 N–H and O–H groups in total. The Morgan fingerprint density at radius 2 is 1.97 bits per heavy atom. The molecule has 1 atom stereocenters. The molecule has 0 spiro atoms. The molecule has 0 saturated carbocycles. The van der Waals surface area contributed by atoms with Crippen LogP contribution < -0.4 is 19.9 Å². The number of nitrogens with zero attached hydrogens (tertiary/aromatic N) is 4. The van der Waals surface area contributed by atoms with Crippen LogP contribution in [0.1, 0.15) is 10.5 Å². The molecule has 4 rings (SSSR count). The Bertz CT molecular complexity index is 1080. The van der Waals surface area contributed by atoms with E-state index in [2.05, 4.69) is 9.97 Å². The number of aliphatic hydroxyl groups excluding tert-OH is 1. The Balaban J connectivity index is 1.48. The molecule has 10 nitrogen and oxygen atoms in total. The lowest BCUT2D eigenvalue weighted by molar-refractivity contribution is 0.0559. The van der Waals surface area contributed by atoms with Gasteiger partial charge in [0, 0.05) is 25.7 Å². The van der Waals surface area contributed by atoms with Crippen molar-refractivity contribution in [1.82, 2.24) is 14.9 Å². The van der Waals surface area contributed by atoms with Crippen LogP contribution in [-0.4, -0.2) is 65.3 Å². The van der Waals surface area contributed by atoms with Crippen molar-refractivity contribution in [1.29, 1.82) is 0 Å². The van der Waals surface area contributed by atoms with E-state index >= 15 is 0 Å². The second kappa shape index (κ2) is 10.2. The number of carbonyl (C=O) groups is 1. The van der Waals surface area contributed by atoms with E-state index in [1.54, 1.807) is 34.8 Å². The van der Waals surface area contributed by atoms with Crippen LogP contribution in [0.4, 0.5) is 11.5 Å². The Morgan fingerprint density at radius 3 is 2.64 bits per heavy atom. The monoisotopic (exact) mass is 450 g/mol. The highest BCUT2D eigenvalue weighted by molar-refractivity contribution is 5.93. The average Bonchev–Trinajstić information content (AvgIpc) is 2.88. The number of aromatic nitrogens is 2. The van der Waals surface area contributed by atoms with Gasteiger partial charge < -0.3 is 35.1 Å². The number of amides is 1. The van der Waals surface area contributed by atoms with Crippen molar-refractivity contribution >= 4 is 17.4 Å². The zero-order valence-electron chi connectivity index (χ0n) is 18.0. The first kappa shape index (κ1) is 22.3. The molecule has 2 aromatic heterocycles. The Morgan fingerprint density at radius 1 is 1.15 bits per heavy atom. The molecule has 0 aliphatic carbocycles. The average molecular weight is 450 g/mol. The summed E-state index contributed by atoms with van der Waals surface area (Å²) in [5.41, 5.74) is 2.75. The normalized spacial score (nSPS) is 15.8. The lowest BCUT2D eigenvalue weighted by Crippen LogP contribution is -2.57. The maximum absolute atomic E-state index is 13.2. The van der Waals surface area contributed by atoms with Crippen LogP contribution in [0.5, 0.6) is 17.2 Å². The number of piperazine rings is 1. The van der Waals surface area contributed by atoms with Gasteiger partial charge in [-0.1, -0.05) is 18.2 Å². The van der Waals surface area contributed by atoms with Gasteiger partial charge in [-0.3, -0.25) is 4.79 Å². The number of benzene rings is 1. The van der Waals surface area contributed by atoms with Crippen LogP contribution in [0.25, 0.3) is 0 Å². The largest absolute Gasteiger partial charge is 0.760 e. The summed E-state index contributed by atoms with van der Waals surface area (Å²) in [4.78, 5) is 25.2. The molecule has 0 radical (unpaired) electrons. The van der Waals surface area contributed by atoms with Crippen LogP contribution in [-0.2, 0) is 0 Å². The maximum atomic E-state index is 13.2. The third kappa shape index (κ3) is 4.97. The van der Waals surface area contributed by atoms with Crippen molar-refractivity contribution in [3.63, 3.8) is 0 Å². The summed E-state index contributed by atoms with van der Waals surface area (Å²) < 4.78 is 11.2. The van der Waals surface area contributed by atoms with Crippen molar-refractivity contribution in [3.05, 3.63) is 71.8 Å². The predicted molar refractivity (Wildman–Crippen MR) is 123 cm³/mol. The van der Waals surface area contributed by atoms with Crippen molar-refractivity contribution in [3.8, 4) is 17.2 Å². The predicted octanol–water partition coefficient (Wildman–Crippen LogP) is 2.51. The molecule has 1 saturated heterocycles. The lowest BCUT2D eigenvalue weighted by atomic mass is 10.1. The maximum Gasteiger partial charge on any atom is 0.273 e. The zero-order valence-corrected chi connectivity index (χ0v) is 18.0. The first-order valence-corrected chi connectivity index (χ1v) is 10.4. The van der Waals surface area contributed by atoms with Gasteiger partial charge in [0.2, 0.25) is 0 Å². The highest BCUT2D eigenvalue weighted by Crippen LogP contribution is 2.31. The number of anilines is 2. The van der Waals surface area contributed by atoms with Gasteiger partial charge in [0.25, 0.3) is 5.91 Å². The topological polar surface area (TPSA) is 123 Å². The highest BCUT2D eigenvalue weighted by atomic mass is 16.5. The van der Waals surface area contributed by atoms with E-state index in [9.17, 15) is 15.1 Å². The van der Waals surface area contributed by atoms with Crippen molar-refractivity contribution in [2.45, 2.75) is 6.04 Å². The first-order valence-electron chi connectivity index (χ1n) is 10.4. The van der Waals surface area contributed by atoms with Gasteiger partial charge in [-0.15, -0.1) is 0 Å². The van der Waals surface area contributed by atoms with Gasteiger partial charge in [0.15, 0.2) is 11.5 Å². The van der Waals surface area contributed by atoms with Crippen LogP contribution in [0.2, 0.25) is 0 Å². The summed E-state index contributed by atoms with van der Waals surface area (Å²) in [7, 11) is 1.50. The van der Waals surface area contributed by atoms with E-state index in [1.807, 2.05) is 35.2 Å². The van der Waals surface area contributed by atoms with Gasteiger partial charge in [-0.2, -0.15) is 0 Å². The van der Waals surface area contributed by atoms with Crippen molar-refractivity contribution in [2.24, 2.45) is 0 Å². The molecule has 3 heterocycles. The third-order valence-electron chi connectivity index (χ3n) is 5.41. The summed E-state index contributed by atoms with van der Waals surface area (Å²) in [6, 6.07) is 13.7. The number of hydrogen-bond donors (Lipinski definition) is 2. The molecular formula is C23H24N5O5-. The fraction of sp³-hybridized carbons (Fsp3) is 0.261. The highest BCUT2D eigenvalue weighted by Gasteiger charge is 2.32. The summed E-state index contributed by atoms with van der Waals surface area (Å²) in [6.45, 7) is 1.14. The SMILES string of the molecule is COc1cc(C(=O)N2CCN(c3ccc(N[O-])nc3)C[C@@H]2CO)ncc1Oc1ccccc1. The lowest BCUT2D eigenvalue weighted by Gasteiger charge is -2.41. The zero-order chi connectivity index (χ0) is 23.2. The fourth-order valence-electron chi connectivity index (χ4n) is 3.69. The number of ether oxygens (including phenoxy) is 2. The molecule has 0 bridgehead atoms. The van der Waals surface area contributed by atoms with Gasteiger partial charge in [0.05, 0.1) is 37.8 Å². The van der Waals surface area contributed by atoms with Gasteiger partial charge in [-0.25, -0.2) is 9.97 Å². The second-order valence-corrected chi connectivity index (χ2v) is 7.42. The molecule has 1 fully saturated rings. The third-order valence-corrected chi connectivity index (χ3v) is 5.41. The van der Waals surface area contributed by atoms with E-state index in [-0.39, 0.29) is 24.0 Å². The van der Waals surface area contributed by atoms with Crippen LogP contribution in [0, 0.1) is 5.21 Å². The fourth-order valence-corrected chi connectivity index (χ4v) is 3.69. The number of rotatable bonds is 7. The molecule has 1 aliphatic rings. The molecule has 172 valence electrons. The smallest absolute Gasteiger partial charge is 0.273 e.